The number of aldehydes is 1. The van der Waals surface area contributed by atoms with Crippen molar-refractivity contribution in [3.63, 3.8) is 0 Å². The van der Waals surface area contributed by atoms with Crippen LogP contribution in [0, 0.1) is 11.8 Å². The van der Waals surface area contributed by atoms with Gasteiger partial charge in [-0.05, 0) is 24.7 Å². The highest BCUT2D eigenvalue weighted by molar-refractivity contribution is 5.58. The molecule has 0 rings (SSSR count). The van der Waals surface area contributed by atoms with Gasteiger partial charge in [0, 0.05) is 5.70 Å². The first-order chi connectivity index (χ1) is 8.40. The molecule has 0 saturated heterocycles. The molecule has 0 heterocycles. The number of amides is 1. The highest BCUT2D eigenvalue weighted by Crippen LogP contribution is 2.11. The molecule has 0 radical (unpaired) electrons. The maximum absolute atomic E-state index is 11.0. The fraction of sp³-hybridized carbons (Fsp3) is 0.714. The van der Waals surface area contributed by atoms with Gasteiger partial charge in [0.25, 0.3) is 0 Å². The van der Waals surface area contributed by atoms with Crippen LogP contribution in [0.25, 0.3) is 0 Å². The van der Waals surface area contributed by atoms with Crippen molar-refractivity contribution in [3.8, 4) is 0 Å². The van der Waals surface area contributed by atoms with E-state index in [1.54, 1.807) is 0 Å². The van der Waals surface area contributed by atoms with Gasteiger partial charge >= 0.3 is 0 Å². The van der Waals surface area contributed by atoms with E-state index >= 15 is 0 Å². The van der Waals surface area contributed by atoms with E-state index in [1.807, 2.05) is 0 Å². The fourth-order valence-electron chi connectivity index (χ4n) is 1.86. The van der Waals surface area contributed by atoms with E-state index < -0.39 is 0 Å². The van der Waals surface area contributed by atoms with E-state index in [0.29, 0.717) is 23.9 Å². The van der Waals surface area contributed by atoms with E-state index in [2.05, 4.69) is 44.9 Å². The fourth-order valence-corrected chi connectivity index (χ4v) is 1.86. The third-order valence-corrected chi connectivity index (χ3v) is 2.66. The van der Waals surface area contributed by atoms with Crippen LogP contribution in [0.1, 0.15) is 40.5 Å². The number of hydrogen-bond donors (Lipinski definition) is 2. The first-order valence-electron chi connectivity index (χ1n) is 6.51. The molecule has 0 aliphatic heterocycles. The molecule has 0 aliphatic rings. The summed E-state index contributed by atoms with van der Waals surface area (Å²) in [6, 6.07) is -0.363. The van der Waals surface area contributed by atoms with Crippen LogP contribution in [-0.4, -0.2) is 24.8 Å². The Hall–Kier alpha value is -1.32. The molecule has 1 amide bonds. The van der Waals surface area contributed by atoms with Crippen LogP contribution in [0.4, 0.5) is 0 Å². The van der Waals surface area contributed by atoms with E-state index in [-0.39, 0.29) is 12.1 Å². The zero-order valence-electron chi connectivity index (χ0n) is 11.9. The summed E-state index contributed by atoms with van der Waals surface area (Å²) in [5.74, 6) is 0.879. The Morgan fingerprint density at radius 3 is 2.06 bits per heavy atom. The molecule has 1 unspecified atom stereocenters. The van der Waals surface area contributed by atoms with Crippen molar-refractivity contribution in [2.45, 2.75) is 52.6 Å². The molecule has 0 saturated carbocycles. The van der Waals surface area contributed by atoms with Crippen LogP contribution in [0.5, 0.6) is 0 Å². The molecule has 0 spiro atoms. The maximum atomic E-state index is 11.0. The summed E-state index contributed by atoms with van der Waals surface area (Å²) in [5, 5.41) is 5.84. The predicted molar refractivity (Wildman–Crippen MR) is 74.0 cm³/mol. The second kappa shape index (κ2) is 8.72. The molecular weight excluding hydrogens is 228 g/mol. The van der Waals surface area contributed by atoms with Crippen molar-refractivity contribution in [2.75, 3.05) is 0 Å². The molecule has 0 fully saturated rings. The van der Waals surface area contributed by atoms with Crippen molar-refractivity contribution in [1.82, 2.24) is 10.6 Å². The van der Waals surface area contributed by atoms with Crippen LogP contribution in [0.3, 0.4) is 0 Å². The number of carbonyl (C=O) groups is 2. The monoisotopic (exact) mass is 254 g/mol. The Kier molecular flexibility index (Phi) is 8.08. The Morgan fingerprint density at radius 2 is 1.67 bits per heavy atom. The molecule has 0 aromatic heterocycles. The standard InChI is InChI=1S/C14H26N2O2/c1-10(2)6-13(8-17)16-12(5)14(15-9-18)7-11(3)4/h8-11,13-14,16H,5-7H2,1-4H3,(H,15,18)/t13?,14-/m0/s1. The van der Waals surface area contributed by atoms with Crippen molar-refractivity contribution in [3.05, 3.63) is 12.3 Å². The molecule has 2 N–H and O–H groups in total. The quantitative estimate of drug-likeness (QED) is 0.585. The van der Waals surface area contributed by atoms with Gasteiger partial charge in [0.2, 0.25) is 6.41 Å². The van der Waals surface area contributed by atoms with E-state index in [9.17, 15) is 9.59 Å². The first kappa shape index (κ1) is 16.7. The lowest BCUT2D eigenvalue weighted by Crippen LogP contribution is -2.41. The summed E-state index contributed by atoms with van der Waals surface area (Å²) in [6.45, 7) is 12.2. The van der Waals surface area contributed by atoms with Crippen molar-refractivity contribution >= 4 is 12.7 Å². The minimum atomic E-state index is -0.236. The molecule has 4 nitrogen and oxygen atoms in total. The number of carbonyl (C=O) groups excluding carboxylic acids is 2. The zero-order valence-corrected chi connectivity index (χ0v) is 11.9. The summed E-state index contributed by atoms with van der Waals surface area (Å²) in [4.78, 5) is 21.6. The van der Waals surface area contributed by atoms with Gasteiger partial charge in [0.15, 0.2) is 0 Å². The Balaban J connectivity index is 4.46. The molecule has 18 heavy (non-hydrogen) atoms. The molecular formula is C14H26N2O2. The van der Waals surface area contributed by atoms with E-state index in [4.69, 9.17) is 0 Å². The second-order valence-electron chi connectivity index (χ2n) is 5.51. The largest absolute Gasteiger partial charge is 0.378 e. The van der Waals surface area contributed by atoms with Gasteiger partial charge in [-0.1, -0.05) is 34.3 Å². The minimum Gasteiger partial charge on any atom is -0.378 e. The molecule has 2 atom stereocenters. The lowest BCUT2D eigenvalue weighted by atomic mass is 10.00. The van der Waals surface area contributed by atoms with Gasteiger partial charge in [-0.15, -0.1) is 0 Å². The number of nitrogens with one attached hydrogen (secondary N) is 2. The van der Waals surface area contributed by atoms with Crippen LogP contribution in [-0.2, 0) is 9.59 Å². The van der Waals surface area contributed by atoms with Gasteiger partial charge in [-0.2, -0.15) is 0 Å². The van der Waals surface area contributed by atoms with Crippen LogP contribution >= 0.6 is 0 Å². The van der Waals surface area contributed by atoms with E-state index in [0.717, 1.165) is 19.1 Å². The topological polar surface area (TPSA) is 58.2 Å². The summed E-state index contributed by atoms with van der Waals surface area (Å²) < 4.78 is 0. The summed E-state index contributed by atoms with van der Waals surface area (Å²) in [6.07, 6.45) is 3.15. The molecule has 0 bridgehead atoms. The predicted octanol–water partition coefficient (Wildman–Crippen LogP) is 1.86. The zero-order chi connectivity index (χ0) is 14.1. The molecule has 0 aliphatic carbocycles. The lowest BCUT2D eigenvalue weighted by Gasteiger charge is -2.25. The van der Waals surface area contributed by atoms with Gasteiger partial charge in [-0.3, -0.25) is 4.79 Å². The average molecular weight is 254 g/mol. The average Bonchev–Trinajstić information content (AvgIpc) is 2.26. The summed E-state index contributed by atoms with van der Waals surface area (Å²) in [5.41, 5.74) is 0.702. The van der Waals surface area contributed by atoms with Gasteiger partial charge in [0.05, 0.1) is 12.1 Å². The smallest absolute Gasteiger partial charge is 0.207 e. The highest BCUT2D eigenvalue weighted by Gasteiger charge is 2.17. The molecule has 104 valence electrons. The van der Waals surface area contributed by atoms with Crippen LogP contribution in [0.15, 0.2) is 12.3 Å². The molecule has 0 aromatic rings. The molecule has 0 aromatic carbocycles. The maximum Gasteiger partial charge on any atom is 0.207 e. The van der Waals surface area contributed by atoms with Crippen LogP contribution < -0.4 is 10.6 Å². The number of hydrogen-bond acceptors (Lipinski definition) is 3. The highest BCUT2D eigenvalue weighted by atomic mass is 16.1. The minimum absolute atomic E-state index is 0.128. The SMILES string of the molecule is C=C(NC(C=O)CC(C)C)[C@H](CC(C)C)NC=O. The lowest BCUT2D eigenvalue weighted by molar-refractivity contribution is -0.110. The van der Waals surface area contributed by atoms with Gasteiger partial charge in [0.1, 0.15) is 6.29 Å². The molecule has 4 heteroatoms. The Labute approximate surface area is 110 Å². The first-order valence-corrected chi connectivity index (χ1v) is 6.51. The summed E-state index contributed by atoms with van der Waals surface area (Å²) in [7, 11) is 0. The summed E-state index contributed by atoms with van der Waals surface area (Å²) >= 11 is 0. The van der Waals surface area contributed by atoms with E-state index in [1.165, 1.54) is 0 Å². The van der Waals surface area contributed by atoms with Gasteiger partial charge < -0.3 is 15.4 Å². The van der Waals surface area contributed by atoms with Crippen molar-refractivity contribution in [2.24, 2.45) is 11.8 Å². The second-order valence-corrected chi connectivity index (χ2v) is 5.51. The van der Waals surface area contributed by atoms with Crippen molar-refractivity contribution in [1.29, 1.82) is 0 Å². The third kappa shape index (κ3) is 7.09. The normalized spacial score (nSPS) is 14.1. The third-order valence-electron chi connectivity index (χ3n) is 2.66. The Bertz CT molecular complexity index is 275. The van der Waals surface area contributed by atoms with Gasteiger partial charge in [-0.25, -0.2) is 0 Å². The Morgan fingerprint density at radius 1 is 1.11 bits per heavy atom. The van der Waals surface area contributed by atoms with Crippen LogP contribution in [0.2, 0.25) is 0 Å². The van der Waals surface area contributed by atoms with Crippen molar-refractivity contribution < 1.29 is 9.59 Å². The number of rotatable bonds is 10.